The van der Waals surface area contributed by atoms with Gasteiger partial charge in [0.25, 0.3) is 11.5 Å². The van der Waals surface area contributed by atoms with Crippen LogP contribution < -0.4 is 20.3 Å². The van der Waals surface area contributed by atoms with E-state index in [0.29, 0.717) is 27.8 Å². The fourth-order valence-electron chi connectivity index (χ4n) is 3.03. The number of nitrogens with one attached hydrogen (secondary N) is 1. The molecule has 0 saturated carbocycles. The van der Waals surface area contributed by atoms with Crippen LogP contribution in [0.5, 0.6) is 11.5 Å². The monoisotopic (exact) mass is 435 g/mol. The fraction of sp³-hybridized carbons (Fsp3) is 0.174. The van der Waals surface area contributed by atoms with E-state index in [4.69, 9.17) is 9.47 Å². The van der Waals surface area contributed by atoms with Gasteiger partial charge in [-0.15, -0.1) is 11.3 Å². The average Bonchev–Trinajstić information content (AvgIpc) is 3.22. The van der Waals surface area contributed by atoms with E-state index in [2.05, 4.69) is 10.3 Å². The van der Waals surface area contributed by atoms with E-state index < -0.39 is 0 Å². The Morgan fingerprint density at radius 2 is 1.94 bits per heavy atom. The van der Waals surface area contributed by atoms with Crippen molar-refractivity contribution in [2.75, 3.05) is 11.9 Å². The number of fused-ring (bicyclic) bond motifs is 1. The van der Waals surface area contributed by atoms with Gasteiger partial charge < -0.3 is 14.8 Å². The van der Waals surface area contributed by atoms with Crippen LogP contribution in [-0.2, 0) is 11.4 Å². The van der Waals surface area contributed by atoms with Gasteiger partial charge >= 0.3 is 0 Å². The zero-order chi connectivity index (χ0) is 21.8. The smallest absolute Gasteiger partial charge is 0.262 e. The van der Waals surface area contributed by atoms with Crippen molar-refractivity contribution >= 4 is 27.9 Å². The molecule has 1 N–H and O–H groups in total. The summed E-state index contributed by atoms with van der Waals surface area (Å²) in [5, 5.41) is 4.65. The summed E-state index contributed by atoms with van der Waals surface area (Å²) >= 11 is 1.38. The van der Waals surface area contributed by atoms with E-state index in [9.17, 15) is 9.59 Å². The molecule has 8 heteroatoms. The maximum Gasteiger partial charge on any atom is 0.262 e. The first kappa shape index (κ1) is 20.6. The van der Waals surface area contributed by atoms with Gasteiger partial charge in [-0.1, -0.05) is 24.3 Å². The second-order valence-electron chi connectivity index (χ2n) is 7.03. The third-order valence-corrected chi connectivity index (χ3v) is 5.35. The van der Waals surface area contributed by atoms with Crippen LogP contribution in [-0.4, -0.2) is 21.9 Å². The van der Waals surface area contributed by atoms with Crippen LogP contribution in [0, 0.1) is 13.8 Å². The molecule has 4 aromatic rings. The summed E-state index contributed by atoms with van der Waals surface area (Å²) in [5.74, 6) is 0.859. The minimum atomic E-state index is -0.296. The molecule has 1 amide bonds. The standard InChI is InChI=1S/C23H21N3O4S/c1-15-7-8-20(29-13-17-12-22(28)26-9-10-31-23(26)24-17)18(11-15)25-21(27)14-30-19-6-4-3-5-16(19)2/h3-12H,13-14H2,1-2H3,(H,25,27). The normalized spacial score (nSPS) is 10.8. The van der Waals surface area contributed by atoms with Crippen LogP contribution in [0.25, 0.3) is 4.96 Å². The second kappa shape index (κ2) is 9.01. The van der Waals surface area contributed by atoms with E-state index in [0.717, 1.165) is 11.1 Å². The summed E-state index contributed by atoms with van der Waals surface area (Å²) in [6.07, 6.45) is 1.69. The molecule has 0 aliphatic rings. The number of aromatic nitrogens is 2. The van der Waals surface area contributed by atoms with Crippen LogP contribution >= 0.6 is 11.3 Å². The van der Waals surface area contributed by atoms with E-state index >= 15 is 0 Å². The molecule has 4 rings (SSSR count). The van der Waals surface area contributed by atoms with Crippen molar-refractivity contribution in [3.8, 4) is 11.5 Å². The summed E-state index contributed by atoms with van der Waals surface area (Å²) in [6.45, 7) is 3.84. The maximum atomic E-state index is 12.4. The Morgan fingerprint density at radius 1 is 1.10 bits per heavy atom. The molecule has 0 unspecified atom stereocenters. The molecule has 0 radical (unpaired) electrons. The highest BCUT2D eigenvalue weighted by Crippen LogP contribution is 2.26. The summed E-state index contributed by atoms with van der Waals surface area (Å²) < 4.78 is 13.0. The molecule has 0 bridgehead atoms. The van der Waals surface area contributed by atoms with Crippen LogP contribution in [0.1, 0.15) is 16.8 Å². The van der Waals surface area contributed by atoms with E-state index in [1.54, 1.807) is 17.6 Å². The maximum absolute atomic E-state index is 12.4. The molecule has 0 atom stereocenters. The minimum Gasteiger partial charge on any atom is -0.485 e. The molecule has 0 fully saturated rings. The van der Waals surface area contributed by atoms with E-state index in [1.165, 1.54) is 21.8 Å². The number of rotatable bonds is 7. The van der Waals surface area contributed by atoms with Crippen molar-refractivity contribution in [3.63, 3.8) is 0 Å². The minimum absolute atomic E-state index is 0.106. The zero-order valence-corrected chi connectivity index (χ0v) is 17.9. The van der Waals surface area contributed by atoms with Crippen molar-refractivity contribution in [2.45, 2.75) is 20.5 Å². The van der Waals surface area contributed by atoms with Crippen molar-refractivity contribution < 1.29 is 14.3 Å². The highest BCUT2D eigenvalue weighted by molar-refractivity contribution is 7.15. The molecule has 31 heavy (non-hydrogen) atoms. The average molecular weight is 436 g/mol. The number of amides is 1. The topological polar surface area (TPSA) is 81.9 Å². The number of aryl methyl sites for hydroxylation is 2. The molecular formula is C23H21N3O4S. The van der Waals surface area contributed by atoms with Gasteiger partial charge in [0, 0.05) is 17.6 Å². The summed E-state index contributed by atoms with van der Waals surface area (Å²) in [7, 11) is 0. The quantitative estimate of drug-likeness (QED) is 0.475. The highest BCUT2D eigenvalue weighted by Gasteiger charge is 2.11. The summed E-state index contributed by atoms with van der Waals surface area (Å²) in [6, 6.07) is 14.5. The molecule has 2 heterocycles. The van der Waals surface area contributed by atoms with Gasteiger partial charge in [0.2, 0.25) is 0 Å². The molecular weight excluding hydrogens is 414 g/mol. The first-order valence-electron chi connectivity index (χ1n) is 9.67. The van der Waals surface area contributed by atoms with Gasteiger partial charge in [-0.25, -0.2) is 4.98 Å². The number of ether oxygens (including phenoxy) is 2. The Kier molecular flexibility index (Phi) is 5.99. The van der Waals surface area contributed by atoms with Crippen LogP contribution in [0.3, 0.4) is 0 Å². The number of hydrogen-bond acceptors (Lipinski definition) is 6. The Labute approximate surface area is 182 Å². The van der Waals surface area contributed by atoms with Crippen molar-refractivity contribution in [2.24, 2.45) is 0 Å². The second-order valence-corrected chi connectivity index (χ2v) is 7.90. The first-order valence-corrected chi connectivity index (χ1v) is 10.5. The fourth-order valence-corrected chi connectivity index (χ4v) is 3.77. The largest absolute Gasteiger partial charge is 0.485 e. The predicted molar refractivity (Wildman–Crippen MR) is 120 cm³/mol. The van der Waals surface area contributed by atoms with Crippen molar-refractivity contribution in [1.82, 2.24) is 9.38 Å². The number of hydrogen-bond donors (Lipinski definition) is 1. The Bertz CT molecular complexity index is 1300. The molecule has 0 saturated heterocycles. The van der Waals surface area contributed by atoms with Crippen molar-refractivity contribution in [1.29, 1.82) is 0 Å². The summed E-state index contributed by atoms with van der Waals surface area (Å²) in [4.78, 5) is 29.6. The zero-order valence-electron chi connectivity index (χ0n) is 17.1. The number of para-hydroxylation sites is 1. The Hall–Kier alpha value is -3.65. The lowest BCUT2D eigenvalue weighted by molar-refractivity contribution is -0.118. The molecule has 0 aliphatic carbocycles. The third-order valence-electron chi connectivity index (χ3n) is 4.59. The number of carbonyl (C=O) groups excluding carboxylic acids is 1. The van der Waals surface area contributed by atoms with Crippen LogP contribution in [0.4, 0.5) is 5.69 Å². The molecule has 7 nitrogen and oxygen atoms in total. The van der Waals surface area contributed by atoms with Gasteiger partial charge in [-0.05, 0) is 43.2 Å². The van der Waals surface area contributed by atoms with Gasteiger partial charge in [-0.2, -0.15) is 0 Å². The van der Waals surface area contributed by atoms with E-state index in [1.807, 2.05) is 50.2 Å². The van der Waals surface area contributed by atoms with Gasteiger partial charge in [0.1, 0.15) is 18.1 Å². The van der Waals surface area contributed by atoms with Crippen LogP contribution in [0.15, 0.2) is 64.9 Å². The number of carbonyl (C=O) groups is 1. The van der Waals surface area contributed by atoms with Gasteiger partial charge in [0.05, 0.1) is 11.4 Å². The first-order chi connectivity index (χ1) is 15.0. The SMILES string of the molecule is Cc1ccc(OCc2cc(=O)n3ccsc3n2)c(NC(=O)COc2ccccc2C)c1. The van der Waals surface area contributed by atoms with Gasteiger partial charge in [-0.3, -0.25) is 14.0 Å². The third kappa shape index (κ3) is 4.92. The number of benzene rings is 2. The molecule has 0 spiro atoms. The molecule has 158 valence electrons. The van der Waals surface area contributed by atoms with Gasteiger partial charge in [0.15, 0.2) is 11.6 Å². The number of nitrogens with zero attached hydrogens (tertiary/aromatic N) is 2. The number of anilines is 1. The highest BCUT2D eigenvalue weighted by atomic mass is 32.1. The van der Waals surface area contributed by atoms with Crippen LogP contribution in [0.2, 0.25) is 0 Å². The summed E-state index contributed by atoms with van der Waals surface area (Å²) in [5.41, 5.74) is 2.83. The molecule has 2 aromatic heterocycles. The Morgan fingerprint density at radius 3 is 2.77 bits per heavy atom. The lowest BCUT2D eigenvalue weighted by Crippen LogP contribution is -2.21. The Balaban J connectivity index is 1.44. The predicted octanol–water partition coefficient (Wildman–Crippen LogP) is 3.97. The molecule has 0 aliphatic heterocycles. The van der Waals surface area contributed by atoms with Crippen molar-refractivity contribution in [3.05, 3.63) is 87.3 Å². The van der Waals surface area contributed by atoms with E-state index in [-0.39, 0.29) is 24.7 Å². The lowest BCUT2D eigenvalue weighted by atomic mass is 10.2. The number of thiazole rings is 1. The lowest BCUT2D eigenvalue weighted by Gasteiger charge is -2.14. The molecule has 2 aromatic carbocycles.